The maximum atomic E-state index is 13.5. The van der Waals surface area contributed by atoms with Gasteiger partial charge in [0, 0.05) is 24.9 Å². The monoisotopic (exact) mass is 309 g/mol. The predicted octanol–water partition coefficient (Wildman–Crippen LogP) is 2.82. The van der Waals surface area contributed by atoms with Gasteiger partial charge < -0.3 is 10.6 Å². The van der Waals surface area contributed by atoms with Gasteiger partial charge in [0.05, 0.1) is 0 Å². The molecular formula is C16H24FN3S. The number of hydrogen-bond acceptors (Lipinski definition) is 2. The molecule has 2 atom stereocenters. The zero-order valence-corrected chi connectivity index (χ0v) is 13.5. The van der Waals surface area contributed by atoms with Crippen LogP contribution in [0.1, 0.15) is 24.8 Å². The van der Waals surface area contributed by atoms with Crippen molar-refractivity contribution in [2.24, 2.45) is 4.99 Å². The second-order valence-electron chi connectivity index (χ2n) is 5.35. The van der Waals surface area contributed by atoms with Crippen molar-refractivity contribution < 1.29 is 4.39 Å². The summed E-state index contributed by atoms with van der Waals surface area (Å²) < 4.78 is 13.5. The maximum absolute atomic E-state index is 13.5. The van der Waals surface area contributed by atoms with Gasteiger partial charge in [0.15, 0.2) is 5.96 Å². The molecule has 0 aromatic heterocycles. The third-order valence-electron chi connectivity index (χ3n) is 3.93. The Morgan fingerprint density at radius 3 is 2.86 bits per heavy atom. The van der Waals surface area contributed by atoms with E-state index in [1.165, 1.54) is 25.3 Å². The van der Waals surface area contributed by atoms with E-state index in [-0.39, 0.29) is 5.82 Å². The summed E-state index contributed by atoms with van der Waals surface area (Å²) in [5.74, 6) is 0.680. The topological polar surface area (TPSA) is 36.4 Å². The van der Waals surface area contributed by atoms with Crippen LogP contribution in [0.2, 0.25) is 0 Å². The number of hydrogen-bond donors (Lipinski definition) is 2. The van der Waals surface area contributed by atoms with E-state index in [4.69, 9.17) is 0 Å². The number of aliphatic imine (C=N–C) groups is 1. The summed E-state index contributed by atoms with van der Waals surface area (Å²) in [6.07, 6.45) is 6.49. The maximum Gasteiger partial charge on any atom is 0.191 e. The fraction of sp³-hybridized carbons (Fsp3) is 0.562. The van der Waals surface area contributed by atoms with Crippen molar-refractivity contribution >= 4 is 17.7 Å². The molecule has 0 amide bonds. The first-order valence-corrected chi connectivity index (χ1v) is 8.75. The van der Waals surface area contributed by atoms with Gasteiger partial charge in [-0.15, -0.1) is 0 Å². The van der Waals surface area contributed by atoms with Crippen LogP contribution >= 0.6 is 11.8 Å². The molecule has 1 aliphatic rings. The molecule has 2 unspecified atom stereocenters. The van der Waals surface area contributed by atoms with Gasteiger partial charge in [0.25, 0.3) is 0 Å². The summed E-state index contributed by atoms with van der Waals surface area (Å²) in [5, 5.41) is 7.50. The number of nitrogens with zero attached hydrogens (tertiary/aromatic N) is 1. The second-order valence-corrected chi connectivity index (χ2v) is 6.49. The van der Waals surface area contributed by atoms with Crippen LogP contribution in [-0.4, -0.2) is 37.1 Å². The Morgan fingerprint density at radius 1 is 1.38 bits per heavy atom. The van der Waals surface area contributed by atoms with Crippen molar-refractivity contribution in [1.82, 2.24) is 10.6 Å². The first kappa shape index (κ1) is 16.1. The van der Waals surface area contributed by atoms with E-state index >= 15 is 0 Å². The SMILES string of the molecule is CN=C(NCCc1ccccc1F)NC1CCC(SC)C1. The zero-order valence-electron chi connectivity index (χ0n) is 12.7. The predicted molar refractivity (Wildman–Crippen MR) is 89.5 cm³/mol. The quantitative estimate of drug-likeness (QED) is 0.649. The van der Waals surface area contributed by atoms with Crippen LogP contribution in [0.25, 0.3) is 0 Å². The van der Waals surface area contributed by atoms with E-state index in [0.717, 1.165) is 16.8 Å². The standard InChI is InChI=1S/C16H24FN3S/c1-18-16(20-13-7-8-14(11-13)21-2)19-10-9-12-5-3-4-6-15(12)17/h3-6,13-14H,7-11H2,1-2H3,(H2,18,19,20). The van der Waals surface area contributed by atoms with Crippen molar-refractivity contribution in [3.63, 3.8) is 0 Å². The normalized spacial score (nSPS) is 22.3. The van der Waals surface area contributed by atoms with Crippen molar-refractivity contribution in [2.45, 2.75) is 37.0 Å². The molecule has 1 fully saturated rings. The molecule has 2 N–H and O–H groups in total. The van der Waals surface area contributed by atoms with Crippen molar-refractivity contribution in [3.05, 3.63) is 35.6 Å². The van der Waals surface area contributed by atoms with Gasteiger partial charge in [0.1, 0.15) is 5.82 Å². The van der Waals surface area contributed by atoms with E-state index in [1.54, 1.807) is 13.1 Å². The van der Waals surface area contributed by atoms with Gasteiger partial charge in [0.2, 0.25) is 0 Å². The highest BCUT2D eigenvalue weighted by molar-refractivity contribution is 7.99. The molecular weight excluding hydrogens is 285 g/mol. The lowest BCUT2D eigenvalue weighted by atomic mass is 10.1. The van der Waals surface area contributed by atoms with Crippen LogP contribution in [0.4, 0.5) is 4.39 Å². The van der Waals surface area contributed by atoms with Crippen LogP contribution in [0.3, 0.4) is 0 Å². The van der Waals surface area contributed by atoms with Crippen LogP contribution in [0, 0.1) is 5.82 Å². The van der Waals surface area contributed by atoms with Crippen molar-refractivity contribution in [1.29, 1.82) is 0 Å². The van der Waals surface area contributed by atoms with E-state index in [1.807, 2.05) is 23.9 Å². The van der Waals surface area contributed by atoms with Gasteiger partial charge in [-0.3, -0.25) is 4.99 Å². The van der Waals surface area contributed by atoms with Crippen LogP contribution in [-0.2, 0) is 6.42 Å². The van der Waals surface area contributed by atoms with Gasteiger partial charge in [-0.1, -0.05) is 18.2 Å². The molecule has 1 aromatic carbocycles. The van der Waals surface area contributed by atoms with Crippen molar-refractivity contribution in [3.8, 4) is 0 Å². The summed E-state index contributed by atoms with van der Waals surface area (Å²) >= 11 is 1.95. The molecule has 3 nitrogen and oxygen atoms in total. The van der Waals surface area contributed by atoms with Crippen LogP contribution in [0.5, 0.6) is 0 Å². The molecule has 116 valence electrons. The molecule has 5 heteroatoms. The Hall–Kier alpha value is -1.23. The Morgan fingerprint density at radius 2 is 2.19 bits per heavy atom. The first-order chi connectivity index (χ1) is 10.2. The number of halogens is 1. The third-order valence-corrected chi connectivity index (χ3v) is 5.02. The average molecular weight is 309 g/mol. The van der Waals surface area contributed by atoms with E-state index in [2.05, 4.69) is 21.9 Å². The molecule has 1 aliphatic carbocycles. The Bertz CT molecular complexity index is 478. The lowest BCUT2D eigenvalue weighted by Gasteiger charge is -2.17. The van der Waals surface area contributed by atoms with E-state index < -0.39 is 0 Å². The zero-order chi connectivity index (χ0) is 15.1. The fourth-order valence-corrected chi connectivity index (χ4v) is 3.49. The minimum Gasteiger partial charge on any atom is -0.356 e. The number of thioether (sulfide) groups is 1. The van der Waals surface area contributed by atoms with Gasteiger partial charge in [-0.2, -0.15) is 11.8 Å². The molecule has 0 spiro atoms. The lowest BCUT2D eigenvalue weighted by molar-refractivity contribution is 0.600. The van der Waals surface area contributed by atoms with Crippen LogP contribution in [0.15, 0.2) is 29.3 Å². The van der Waals surface area contributed by atoms with Gasteiger partial charge in [-0.25, -0.2) is 4.39 Å². The highest BCUT2D eigenvalue weighted by Crippen LogP contribution is 2.27. The highest BCUT2D eigenvalue weighted by Gasteiger charge is 2.24. The summed E-state index contributed by atoms with van der Waals surface area (Å²) in [5.41, 5.74) is 0.740. The Balaban J connectivity index is 1.75. The number of guanidine groups is 1. The van der Waals surface area contributed by atoms with Crippen molar-refractivity contribution in [2.75, 3.05) is 19.8 Å². The average Bonchev–Trinajstić information content (AvgIpc) is 2.96. The largest absolute Gasteiger partial charge is 0.356 e. The number of benzene rings is 1. The first-order valence-electron chi connectivity index (χ1n) is 7.46. The summed E-state index contributed by atoms with van der Waals surface area (Å²) in [6, 6.07) is 7.42. The molecule has 2 rings (SSSR count). The molecule has 1 aromatic rings. The molecule has 21 heavy (non-hydrogen) atoms. The van der Waals surface area contributed by atoms with Gasteiger partial charge in [-0.05, 0) is 43.6 Å². The number of nitrogens with one attached hydrogen (secondary N) is 2. The summed E-state index contributed by atoms with van der Waals surface area (Å²) in [6.45, 7) is 0.680. The Kier molecular flexibility index (Phi) is 6.36. The molecule has 0 bridgehead atoms. The number of rotatable bonds is 5. The van der Waals surface area contributed by atoms with Gasteiger partial charge >= 0.3 is 0 Å². The molecule has 0 saturated heterocycles. The van der Waals surface area contributed by atoms with Crippen LogP contribution < -0.4 is 10.6 Å². The molecule has 0 heterocycles. The molecule has 1 saturated carbocycles. The van der Waals surface area contributed by atoms with E-state index in [9.17, 15) is 4.39 Å². The second kappa shape index (κ2) is 8.27. The molecule has 0 radical (unpaired) electrons. The fourth-order valence-electron chi connectivity index (χ4n) is 2.69. The minimum atomic E-state index is -0.138. The smallest absolute Gasteiger partial charge is 0.191 e. The third kappa shape index (κ3) is 4.92. The highest BCUT2D eigenvalue weighted by atomic mass is 32.2. The lowest BCUT2D eigenvalue weighted by Crippen LogP contribution is -2.43. The Labute approximate surface area is 130 Å². The summed E-state index contributed by atoms with van der Waals surface area (Å²) in [7, 11) is 1.78. The minimum absolute atomic E-state index is 0.138. The summed E-state index contributed by atoms with van der Waals surface area (Å²) in [4.78, 5) is 4.25. The van der Waals surface area contributed by atoms with E-state index in [0.29, 0.717) is 19.0 Å². The molecule has 0 aliphatic heterocycles.